The number of aliphatic imine (C=N–C) groups is 1. The van der Waals surface area contributed by atoms with Gasteiger partial charge in [-0.3, -0.25) is 5.84 Å². The maximum absolute atomic E-state index is 6.06. The molecule has 1 aromatic carbocycles. The number of nitrogens with one attached hydrogen (secondary N) is 2. The average molecular weight is 336 g/mol. The number of amidine groups is 1. The number of aryl methyl sites for hydroxylation is 1. The molecule has 2 rings (SSSR count). The standard InChI is InChI=1S/C17H26ClN5/c1-4-12(2)16(22-19)17(23-9-7-20-8-10-23)21-15-6-5-14(18)11-13(15)3/h5-6,11,20,22H,4,7-10,19H2,1-3H3/b16-12-,21-17?. The molecule has 0 amide bonds. The van der Waals surface area contributed by atoms with Gasteiger partial charge in [-0.15, -0.1) is 0 Å². The third kappa shape index (κ3) is 4.47. The lowest BCUT2D eigenvalue weighted by molar-refractivity contribution is 0.356. The molecule has 0 aliphatic carbocycles. The number of rotatable bonds is 4. The molecule has 0 atom stereocenters. The largest absolute Gasteiger partial charge is 0.352 e. The van der Waals surface area contributed by atoms with Gasteiger partial charge in [0.1, 0.15) is 0 Å². The van der Waals surface area contributed by atoms with Crippen LogP contribution >= 0.6 is 11.6 Å². The van der Waals surface area contributed by atoms with E-state index in [2.05, 4.69) is 29.5 Å². The summed E-state index contributed by atoms with van der Waals surface area (Å²) in [5.41, 5.74) is 6.93. The SMILES string of the molecule is CC/C(C)=C(\NN)C(=Nc1ccc(Cl)cc1C)N1CCNCC1. The number of halogens is 1. The van der Waals surface area contributed by atoms with Crippen LogP contribution in [0, 0.1) is 6.92 Å². The first kappa shape index (κ1) is 17.8. The van der Waals surface area contributed by atoms with Crippen LogP contribution in [0.4, 0.5) is 5.69 Å². The van der Waals surface area contributed by atoms with Crippen LogP contribution in [0.5, 0.6) is 0 Å². The molecule has 0 bridgehead atoms. The molecular weight excluding hydrogens is 310 g/mol. The minimum Gasteiger partial charge on any atom is -0.352 e. The van der Waals surface area contributed by atoms with E-state index in [4.69, 9.17) is 22.4 Å². The minimum atomic E-state index is 0.725. The molecule has 1 aromatic rings. The summed E-state index contributed by atoms with van der Waals surface area (Å²) in [7, 11) is 0. The molecule has 6 heteroatoms. The molecule has 0 saturated carbocycles. The van der Waals surface area contributed by atoms with Gasteiger partial charge in [-0.05, 0) is 49.6 Å². The zero-order valence-electron chi connectivity index (χ0n) is 14.1. The Morgan fingerprint density at radius 2 is 2.09 bits per heavy atom. The fraction of sp³-hybridized carbons (Fsp3) is 0.471. The Hall–Kier alpha value is -1.56. The van der Waals surface area contributed by atoms with Gasteiger partial charge in [-0.25, -0.2) is 4.99 Å². The van der Waals surface area contributed by atoms with Crippen molar-refractivity contribution in [1.82, 2.24) is 15.6 Å². The van der Waals surface area contributed by atoms with E-state index in [9.17, 15) is 0 Å². The van der Waals surface area contributed by atoms with Crippen LogP contribution in [-0.4, -0.2) is 36.9 Å². The van der Waals surface area contributed by atoms with Crippen LogP contribution < -0.4 is 16.6 Å². The fourth-order valence-electron chi connectivity index (χ4n) is 2.58. The van der Waals surface area contributed by atoms with Crippen LogP contribution in [0.1, 0.15) is 25.8 Å². The Morgan fingerprint density at radius 3 is 2.65 bits per heavy atom. The second-order valence-corrected chi connectivity index (χ2v) is 6.19. The van der Waals surface area contributed by atoms with E-state index in [1.807, 2.05) is 25.1 Å². The number of allylic oxidation sites excluding steroid dienone is 1. The average Bonchev–Trinajstić information content (AvgIpc) is 2.57. The number of nitrogens with two attached hydrogens (primary N) is 1. The monoisotopic (exact) mass is 335 g/mol. The Labute approximate surface area is 143 Å². The normalized spacial score (nSPS) is 17.1. The fourth-order valence-corrected chi connectivity index (χ4v) is 2.80. The van der Waals surface area contributed by atoms with E-state index < -0.39 is 0 Å². The van der Waals surface area contributed by atoms with Crippen molar-refractivity contribution in [3.63, 3.8) is 0 Å². The first-order valence-corrected chi connectivity index (χ1v) is 8.41. The van der Waals surface area contributed by atoms with Crippen molar-refractivity contribution in [1.29, 1.82) is 0 Å². The summed E-state index contributed by atoms with van der Waals surface area (Å²) in [6, 6.07) is 5.76. The van der Waals surface area contributed by atoms with Gasteiger partial charge in [0.25, 0.3) is 0 Å². The van der Waals surface area contributed by atoms with Crippen molar-refractivity contribution in [2.24, 2.45) is 10.8 Å². The predicted octanol–water partition coefficient (Wildman–Crippen LogP) is 2.73. The predicted molar refractivity (Wildman–Crippen MR) is 98.0 cm³/mol. The van der Waals surface area contributed by atoms with Crippen molar-refractivity contribution >= 4 is 23.1 Å². The van der Waals surface area contributed by atoms with Gasteiger partial charge in [0.15, 0.2) is 5.84 Å². The van der Waals surface area contributed by atoms with Gasteiger partial charge in [-0.2, -0.15) is 0 Å². The van der Waals surface area contributed by atoms with Crippen molar-refractivity contribution in [3.05, 3.63) is 40.1 Å². The highest BCUT2D eigenvalue weighted by Gasteiger charge is 2.20. The summed E-state index contributed by atoms with van der Waals surface area (Å²) < 4.78 is 0. The lowest BCUT2D eigenvalue weighted by Crippen LogP contribution is -2.49. The summed E-state index contributed by atoms with van der Waals surface area (Å²) in [6.07, 6.45) is 0.921. The number of benzene rings is 1. The molecule has 0 unspecified atom stereocenters. The van der Waals surface area contributed by atoms with E-state index in [1.165, 1.54) is 5.57 Å². The third-order valence-electron chi connectivity index (χ3n) is 4.13. The molecule has 1 aliphatic rings. The number of hydrogen-bond acceptors (Lipinski definition) is 4. The van der Waals surface area contributed by atoms with E-state index in [0.717, 1.165) is 60.4 Å². The summed E-state index contributed by atoms with van der Waals surface area (Å²) in [4.78, 5) is 7.20. The van der Waals surface area contributed by atoms with Crippen LogP contribution in [-0.2, 0) is 0 Å². The zero-order chi connectivity index (χ0) is 16.8. The van der Waals surface area contributed by atoms with Crippen LogP contribution in [0.25, 0.3) is 0 Å². The van der Waals surface area contributed by atoms with Gasteiger partial charge in [0.2, 0.25) is 0 Å². The van der Waals surface area contributed by atoms with Gasteiger partial charge in [0, 0.05) is 31.2 Å². The zero-order valence-corrected chi connectivity index (χ0v) is 14.9. The smallest absolute Gasteiger partial charge is 0.154 e. The summed E-state index contributed by atoms with van der Waals surface area (Å²) >= 11 is 6.06. The number of hydrogen-bond donors (Lipinski definition) is 3. The molecule has 0 spiro atoms. The number of hydrazine groups is 1. The lowest BCUT2D eigenvalue weighted by atomic mass is 10.1. The van der Waals surface area contributed by atoms with Crippen molar-refractivity contribution in [2.75, 3.05) is 26.2 Å². The topological polar surface area (TPSA) is 65.7 Å². The Kier molecular flexibility index (Phi) is 6.45. The second kappa shape index (κ2) is 8.34. The second-order valence-electron chi connectivity index (χ2n) is 5.76. The van der Waals surface area contributed by atoms with Gasteiger partial charge in [0.05, 0.1) is 11.4 Å². The maximum atomic E-state index is 6.06. The molecule has 23 heavy (non-hydrogen) atoms. The Bertz CT molecular complexity index is 603. The molecule has 1 fully saturated rings. The van der Waals surface area contributed by atoms with Crippen LogP contribution in [0.15, 0.2) is 34.5 Å². The van der Waals surface area contributed by atoms with Crippen molar-refractivity contribution < 1.29 is 0 Å². The van der Waals surface area contributed by atoms with Gasteiger partial charge < -0.3 is 15.6 Å². The van der Waals surface area contributed by atoms with E-state index in [-0.39, 0.29) is 0 Å². The van der Waals surface area contributed by atoms with E-state index in [1.54, 1.807) is 0 Å². The number of nitrogens with zero attached hydrogens (tertiary/aromatic N) is 2. The Balaban J connectivity index is 2.49. The maximum Gasteiger partial charge on any atom is 0.154 e. The molecule has 0 radical (unpaired) electrons. The summed E-state index contributed by atoms with van der Waals surface area (Å²) in [6.45, 7) is 9.94. The molecule has 4 N–H and O–H groups in total. The third-order valence-corrected chi connectivity index (χ3v) is 4.36. The first-order chi connectivity index (χ1) is 11.1. The van der Waals surface area contributed by atoms with E-state index >= 15 is 0 Å². The van der Waals surface area contributed by atoms with Crippen LogP contribution in [0.2, 0.25) is 5.02 Å². The van der Waals surface area contributed by atoms with Crippen molar-refractivity contribution in [3.8, 4) is 0 Å². The molecule has 1 heterocycles. The van der Waals surface area contributed by atoms with Gasteiger partial charge in [-0.1, -0.05) is 18.5 Å². The highest BCUT2D eigenvalue weighted by Crippen LogP contribution is 2.24. The van der Waals surface area contributed by atoms with E-state index in [0.29, 0.717) is 0 Å². The molecule has 5 nitrogen and oxygen atoms in total. The van der Waals surface area contributed by atoms with Gasteiger partial charge >= 0.3 is 0 Å². The lowest BCUT2D eigenvalue weighted by Gasteiger charge is -2.32. The summed E-state index contributed by atoms with van der Waals surface area (Å²) in [5, 5.41) is 4.10. The van der Waals surface area contributed by atoms with Crippen molar-refractivity contribution in [2.45, 2.75) is 27.2 Å². The molecule has 1 saturated heterocycles. The van der Waals surface area contributed by atoms with Crippen LogP contribution in [0.3, 0.4) is 0 Å². The number of piperazine rings is 1. The first-order valence-electron chi connectivity index (χ1n) is 8.04. The molecular formula is C17H26ClN5. The molecule has 126 valence electrons. The summed E-state index contributed by atoms with van der Waals surface area (Å²) in [5.74, 6) is 6.72. The Morgan fingerprint density at radius 1 is 1.39 bits per heavy atom. The molecule has 0 aromatic heterocycles. The highest BCUT2D eigenvalue weighted by atomic mass is 35.5. The quantitative estimate of drug-likeness (QED) is 0.342. The molecule has 1 aliphatic heterocycles. The highest BCUT2D eigenvalue weighted by molar-refractivity contribution is 6.30. The minimum absolute atomic E-state index is 0.725.